The van der Waals surface area contributed by atoms with Crippen LogP contribution in [-0.4, -0.2) is 45.5 Å². The first kappa shape index (κ1) is 25.7. The standard InChI is InChI=1S/C34H33N3O4/c38-31-27-18-16-25(20-29(27)33(40)36(31)23-12-6-2-7-13-23)35(22-10-4-1-5-11-22)26-17-19-28-30(21-26)34(41)37(32(28)39)24-14-8-3-9-15-24/h1,4-5,10-11,16-21,23-24H,2-3,6-9,12-15H2. The maximum Gasteiger partial charge on any atom is 0.261 e. The van der Waals surface area contributed by atoms with Crippen molar-refractivity contribution in [2.24, 2.45) is 0 Å². The van der Waals surface area contributed by atoms with Crippen molar-refractivity contribution >= 4 is 40.7 Å². The fourth-order valence-corrected chi connectivity index (χ4v) is 7.14. The summed E-state index contributed by atoms with van der Waals surface area (Å²) in [5.74, 6) is -0.882. The van der Waals surface area contributed by atoms with E-state index in [1.807, 2.05) is 47.4 Å². The highest BCUT2D eigenvalue weighted by atomic mass is 16.2. The molecular weight excluding hydrogens is 514 g/mol. The largest absolute Gasteiger partial charge is 0.310 e. The van der Waals surface area contributed by atoms with E-state index < -0.39 is 0 Å². The number of imide groups is 2. The molecule has 0 saturated heterocycles. The SMILES string of the molecule is O=C1c2ccc(N(c3ccccc3)c3ccc4c(c3)C(=O)N(C3CCCCC3)C4=O)cc2C(=O)N1C1CCCCC1. The van der Waals surface area contributed by atoms with E-state index in [2.05, 4.69) is 0 Å². The minimum atomic E-state index is -0.232. The zero-order valence-corrected chi connectivity index (χ0v) is 23.1. The molecule has 4 amide bonds. The number of hydrogen-bond donors (Lipinski definition) is 0. The Morgan fingerprint density at radius 2 is 0.878 bits per heavy atom. The number of nitrogens with zero attached hydrogens (tertiary/aromatic N) is 3. The Labute approximate surface area is 239 Å². The van der Waals surface area contributed by atoms with Crippen molar-refractivity contribution in [2.75, 3.05) is 4.90 Å². The summed E-state index contributed by atoms with van der Waals surface area (Å²) in [4.78, 5) is 58.7. The third-order valence-corrected chi connectivity index (χ3v) is 9.21. The molecule has 0 radical (unpaired) electrons. The number of rotatable bonds is 5. The Balaban J connectivity index is 1.27. The molecule has 0 spiro atoms. The zero-order chi connectivity index (χ0) is 28.1. The number of benzene rings is 3. The van der Waals surface area contributed by atoms with Crippen LogP contribution in [-0.2, 0) is 0 Å². The van der Waals surface area contributed by atoms with E-state index in [-0.39, 0.29) is 35.7 Å². The van der Waals surface area contributed by atoms with Crippen LogP contribution in [0.5, 0.6) is 0 Å². The van der Waals surface area contributed by atoms with E-state index >= 15 is 0 Å². The maximum atomic E-state index is 13.6. The highest BCUT2D eigenvalue weighted by Gasteiger charge is 2.42. The lowest BCUT2D eigenvalue weighted by molar-refractivity contribution is 0.0533. The molecule has 2 saturated carbocycles. The lowest BCUT2D eigenvalue weighted by Crippen LogP contribution is -2.40. The molecule has 2 aliphatic heterocycles. The zero-order valence-electron chi connectivity index (χ0n) is 23.1. The summed E-state index contributed by atoms with van der Waals surface area (Å²) in [5, 5.41) is 0. The Hall–Kier alpha value is -4.26. The Bertz CT molecular complexity index is 1460. The van der Waals surface area contributed by atoms with Crippen LogP contribution in [0.15, 0.2) is 66.7 Å². The molecule has 2 fully saturated rings. The molecule has 7 rings (SSSR count). The summed E-state index contributed by atoms with van der Waals surface area (Å²) < 4.78 is 0. The van der Waals surface area contributed by atoms with Gasteiger partial charge in [-0.05, 0) is 74.2 Å². The maximum absolute atomic E-state index is 13.6. The van der Waals surface area contributed by atoms with Gasteiger partial charge in [-0.25, -0.2) is 0 Å². The van der Waals surface area contributed by atoms with Gasteiger partial charge in [-0.15, -0.1) is 0 Å². The molecule has 3 aromatic rings. The number of fused-ring (bicyclic) bond motifs is 2. The van der Waals surface area contributed by atoms with Crippen molar-refractivity contribution in [1.29, 1.82) is 0 Å². The topological polar surface area (TPSA) is 78.0 Å². The summed E-state index contributed by atoms with van der Waals surface area (Å²) >= 11 is 0. The number of amides is 4. The van der Waals surface area contributed by atoms with Crippen LogP contribution in [0.4, 0.5) is 17.1 Å². The smallest absolute Gasteiger partial charge is 0.261 e. The molecule has 4 aliphatic rings. The molecule has 0 N–H and O–H groups in total. The second-order valence-electron chi connectivity index (χ2n) is 11.7. The summed E-state index contributed by atoms with van der Waals surface area (Å²) in [6.07, 6.45) is 9.83. The molecule has 208 valence electrons. The van der Waals surface area contributed by atoms with Gasteiger partial charge in [0.2, 0.25) is 0 Å². The van der Waals surface area contributed by atoms with Crippen LogP contribution in [0.25, 0.3) is 0 Å². The predicted molar refractivity (Wildman–Crippen MR) is 156 cm³/mol. The number of para-hydroxylation sites is 1. The Morgan fingerprint density at radius 3 is 1.32 bits per heavy atom. The van der Waals surface area contributed by atoms with E-state index in [0.717, 1.165) is 69.9 Å². The van der Waals surface area contributed by atoms with Crippen LogP contribution >= 0.6 is 0 Å². The predicted octanol–water partition coefficient (Wildman–Crippen LogP) is 7.01. The van der Waals surface area contributed by atoms with Gasteiger partial charge in [0.1, 0.15) is 0 Å². The van der Waals surface area contributed by atoms with Gasteiger partial charge in [0.05, 0.1) is 22.3 Å². The van der Waals surface area contributed by atoms with Crippen LogP contribution in [0.1, 0.15) is 106 Å². The van der Waals surface area contributed by atoms with Crippen molar-refractivity contribution in [1.82, 2.24) is 9.80 Å². The number of hydrogen-bond acceptors (Lipinski definition) is 5. The molecule has 2 heterocycles. The van der Waals surface area contributed by atoms with Crippen LogP contribution < -0.4 is 4.90 Å². The molecule has 0 bridgehead atoms. The quantitative estimate of drug-likeness (QED) is 0.321. The second kappa shape index (κ2) is 10.3. The van der Waals surface area contributed by atoms with Gasteiger partial charge in [0.15, 0.2) is 0 Å². The second-order valence-corrected chi connectivity index (χ2v) is 11.7. The van der Waals surface area contributed by atoms with Gasteiger partial charge in [0, 0.05) is 29.1 Å². The minimum absolute atomic E-state index is 0.0443. The van der Waals surface area contributed by atoms with E-state index in [4.69, 9.17) is 0 Å². The van der Waals surface area contributed by atoms with Crippen molar-refractivity contribution < 1.29 is 19.2 Å². The lowest BCUT2D eigenvalue weighted by Gasteiger charge is -2.29. The van der Waals surface area contributed by atoms with Gasteiger partial charge >= 0.3 is 0 Å². The molecule has 41 heavy (non-hydrogen) atoms. The molecule has 3 aromatic carbocycles. The van der Waals surface area contributed by atoms with Crippen molar-refractivity contribution in [3.05, 3.63) is 89.0 Å². The van der Waals surface area contributed by atoms with Crippen molar-refractivity contribution in [3.8, 4) is 0 Å². The molecule has 0 atom stereocenters. The summed E-state index contributed by atoms with van der Waals surface area (Å²) in [5.41, 5.74) is 3.97. The first-order valence-corrected chi connectivity index (χ1v) is 14.9. The van der Waals surface area contributed by atoms with Crippen LogP contribution in [0.2, 0.25) is 0 Å². The molecular formula is C34H33N3O4. The van der Waals surface area contributed by atoms with Gasteiger partial charge in [-0.2, -0.15) is 0 Å². The minimum Gasteiger partial charge on any atom is -0.310 e. The highest BCUT2D eigenvalue weighted by molar-refractivity contribution is 6.23. The van der Waals surface area contributed by atoms with Gasteiger partial charge in [-0.1, -0.05) is 56.7 Å². The first-order chi connectivity index (χ1) is 20.0. The first-order valence-electron chi connectivity index (χ1n) is 14.9. The summed E-state index contributed by atoms with van der Waals surface area (Å²) in [6.45, 7) is 0. The lowest BCUT2D eigenvalue weighted by atomic mass is 9.94. The van der Waals surface area contributed by atoms with Crippen LogP contribution in [0, 0.1) is 0 Å². The van der Waals surface area contributed by atoms with Crippen molar-refractivity contribution in [3.63, 3.8) is 0 Å². The van der Waals surface area contributed by atoms with Crippen LogP contribution in [0.3, 0.4) is 0 Å². The third kappa shape index (κ3) is 4.26. The molecule has 0 aromatic heterocycles. The van der Waals surface area contributed by atoms with E-state index in [9.17, 15) is 19.2 Å². The average Bonchev–Trinajstić information content (AvgIpc) is 3.42. The molecule has 0 unspecified atom stereocenters. The molecule has 7 nitrogen and oxygen atoms in total. The van der Waals surface area contributed by atoms with Gasteiger partial charge in [0.25, 0.3) is 23.6 Å². The Morgan fingerprint density at radius 1 is 0.463 bits per heavy atom. The van der Waals surface area contributed by atoms with E-state index in [0.29, 0.717) is 33.6 Å². The van der Waals surface area contributed by atoms with Crippen molar-refractivity contribution in [2.45, 2.75) is 76.3 Å². The highest BCUT2D eigenvalue weighted by Crippen LogP contribution is 2.40. The summed E-state index contributed by atoms with van der Waals surface area (Å²) in [7, 11) is 0. The monoisotopic (exact) mass is 547 g/mol. The van der Waals surface area contributed by atoms with E-state index in [1.165, 1.54) is 9.80 Å². The fraction of sp³-hybridized carbons (Fsp3) is 0.353. The van der Waals surface area contributed by atoms with Gasteiger partial charge in [-0.3, -0.25) is 29.0 Å². The normalized spacial score (nSPS) is 19.6. The number of carbonyl (C=O) groups is 4. The number of carbonyl (C=O) groups excluding carboxylic acids is 4. The Kier molecular flexibility index (Phi) is 6.45. The van der Waals surface area contributed by atoms with Gasteiger partial charge < -0.3 is 4.90 Å². The van der Waals surface area contributed by atoms with E-state index in [1.54, 1.807) is 24.3 Å². The molecule has 7 heteroatoms. The summed E-state index contributed by atoms with van der Waals surface area (Å²) in [6, 6.07) is 20.4. The number of anilines is 3. The molecule has 2 aliphatic carbocycles. The fourth-order valence-electron chi connectivity index (χ4n) is 7.14. The third-order valence-electron chi connectivity index (χ3n) is 9.21. The average molecular weight is 548 g/mol.